The number of ether oxygens (including phenoxy) is 2. The number of halogens is 2. The van der Waals surface area contributed by atoms with Crippen molar-refractivity contribution in [3.05, 3.63) is 101 Å². The molecule has 3 aromatic carbocycles. The number of carbonyl (C=O) groups is 3. The van der Waals surface area contributed by atoms with Gasteiger partial charge >= 0.3 is 5.97 Å². The molecule has 37 heavy (non-hydrogen) atoms. The first-order chi connectivity index (χ1) is 17.7. The van der Waals surface area contributed by atoms with Crippen LogP contribution in [0.3, 0.4) is 0 Å². The van der Waals surface area contributed by atoms with E-state index in [1.165, 1.54) is 31.4 Å². The molecule has 188 valence electrons. The zero-order valence-electron chi connectivity index (χ0n) is 19.0. The van der Waals surface area contributed by atoms with E-state index in [0.717, 1.165) is 16.7 Å². The Morgan fingerprint density at radius 3 is 2.51 bits per heavy atom. The lowest BCUT2D eigenvalue weighted by Crippen LogP contribution is -2.27. The Hall–Kier alpha value is -3.42. The molecule has 1 heterocycles. The van der Waals surface area contributed by atoms with Crippen LogP contribution < -0.4 is 9.47 Å². The summed E-state index contributed by atoms with van der Waals surface area (Å²) < 4.78 is 11.5. The number of rotatable bonds is 7. The number of methoxy groups -OCH3 is 1. The fourth-order valence-electron chi connectivity index (χ4n) is 3.39. The average Bonchev–Trinajstić information content (AvgIpc) is 3.13. The van der Waals surface area contributed by atoms with Crippen LogP contribution in [-0.2, 0) is 11.3 Å². The predicted molar refractivity (Wildman–Crippen MR) is 147 cm³/mol. The lowest BCUT2D eigenvalue weighted by atomic mass is 10.1. The number of amides is 2. The molecule has 0 atom stereocenters. The second kappa shape index (κ2) is 11.3. The number of hydrogen-bond acceptors (Lipinski definition) is 8. The van der Waals surface area contributed by atoms with E-state index in [0.29, 0.717) is 14.7 Å². The molecule has 0 radical (unpaired) electrons. The van der Waals surface area contributed by atoms with Crippen molar-refractivity contribution in [1.29, 1.82) is 0 Å². The largest absolute Gasteiger partial charge is 0.493 e. The van der Waals surface area contributed by atoms with Crippen molar-refractivity contribution in [3.63, 3.8) is 0 Å². The first-order valence-electron chi connectivity index (χ1n) is 10.5. The van der Waals surface area contributed by atoms with Crippen molar-refractivity contribution in [2.45, 2.75) is 6.54 Å². The number of nitro groups is 1. The third kappa shape index (κ3) is 5.95. The van der Waals surface area contributed by atoms with Crippen LogP contribution in [0.2, 0.25) is 5.02 Å². The first kappa shape index (κ1) is 26.6. The van der Waals surface area contributed by atoms with E-state index in [9.17, 15) is 24.5 Å². The molecule has 1 saturated heterocycles. The van der Waals surface area contributed by atoms with E-state index in [2.05, 4.69) is 0 Å². The zero-order valence-corrected chi connectivity index (χ0v) is 22.7. The van der Waals surface area contributed by atoms with Gasteiger partial charge in [-0.05, 0) is 75.8 Å². The molecule has 0 saturated carbocycles. The van der Waals surface area contributed by atoms with Gasteiger partial charge in [0.2, 0.25) is 0 Å². The maximum absolute atomic E-state index is 12.9. The Kier molecular flexibility index (Phi) is 8.15. The molecular weight excluding hydrogens is 635 g/mol. The molecule has 9 nitrogen and oxygen atoms in total. The van der Waals surface area contributed by atoms with Gasteiger partial charge in [-0.3, -0.25) is 24.6 Å². The number of non-ortho nitro benzene ring substituents is 1. The number of nitrogens with zero attached hydrogens (tertiary/aromatic N) is 2. The highest BCUT2D eigenvalue weighted by molar-refractivity contribution is 14.1. The molecule has 12 heteroatoms. The van der Waals surface area contributed by atoms with Gasteiger partial charge in [-0.15, -0.1) is 0 Å². The Morgan fingerprint density at radius 2 is 1.86 bits per heavy atom. The van der Waals surface area contributed by atoms with Crippen LogP contribution in [0.15, 0.2) is 65.6 Å². The minimum atomic E-state index is -0.651. The molecule has 0 spiro atoms. The molecule has 0 N–H and O–H groups in total. The van der Waals surface area contributed by atoms with Gasteiger partial charge < -0.3 is 9.47 Å². The van der Waals surface area contributed by atoms with Crippen LogP contribution in [0.4, 0.5) is 10.5 Å². The summed E-state index contributed by atoms with van der Waals surface area (Å²) in [5, 5.41) is 10.6. The second-order valence-corrected chi connectivity index (χ2v) is 10.2. The van der Waals surface area contributed by atoms with Crippen molar-refractivity contribution in [1.82, 2.24) is 4.90 Å². The number of thioether (sulfide) groups is 1. The maximum atomic E-state index is 12.9. The standard InChI is InChI=1S/C25H16ClIN2O7S/c1-35-20-11-15(10-19(27)22(20)36-24(31)17-4-2-3-5-18(17)26)12-21-23(30)28(25(32)37-21)13-14-6-8-16(9-7-14)29(33)34/h2-12H,13H2,1H3/b21-12-. The van der Waals surface area contributed by atoms with Crippen molar-refractivity contribution < 1.29 is 28.8 Å². The summed E-state index contributed by atoms with van der Waals surface area (Å²) in [4.78, 5) is 49.7. The minimum absolute atomic E-state index is 0.0161. The fraction of sp³-hybridized carbons (Fsp3) is 0.0800. The Bertz CT molecular complexity index is 1460. The van der Waals surface area contributed by atoms with E-state index < -0.39 is 22.0 Å². The number of carbonyl (C=O) groups excluding carboxylic acids is 3. The summed E-state index contributed by atoms with van der Waals surface area (Å²) in [5.41, 5.74) is 1.25. The van der Waals surface area contributed by atoms with E-state index in [-0.39, 0.29) is 39.2 Å². The Balaban J connectivity index is 1.55. The van der Waals surface area contributed by atoms with Crippen LogP contribution in [-0.4, -0.2) is 34.0 Å². The first-order valence-corrected chi connectivity index (χ1v) is 12.8. The Morgan fingerprint density at radius 1 is 1.16 bits per heavy atom. The van der Waals surface area contributed by atoms with Gasteiger partial charge in [-0.1, -0.05) is 35.9 Å². The van der Waals surface area contributed by atoms with Gasteiger partial charge in [0, 0.05) is 12.1 Å². The topological polar surface area (TPSA) is 116 Å². The lowest BCUT2D eigenvalue weighted by molar-refractivity contribution is -0.384. The molecule has 1 aliphatic rings. The molecule has 2 amide bonds. The monoisotopic (exact) mass is 650 g/mol. The minimum Gasteiger partial charge on any atom is -0.493 e. The van der Waals surface area contributed by atoms with Gasteiger partial charge in [-0.2, -0.15) is 0 Å². The van der Waals surface area contributed by atoms with Crippen molar-refractivity contribution in [2.24, 2.45) is 0 Å². The molecule has 0 aliphatic carbocycles. The van der Waals surface area contributed by atoms with E-state index >= 15 is 0 Å². The number of imide groups is 1. The number of hydrogen-bond donors (Lipinski definition) is 0. The number of nitro benzene ring substituents is 1. The SMILES string of the molecule is COc1cc(/C=C2\SC(=O)N(Cc3ccc([N+](=O)[O-])cc3)C2=O)cc(I)c1OC(=O)c1ccccc1Cl. The van der Waals surface area contributed by atoms with E-state index in [1.54, 1.807) is 42.5 Å². The van der Waals surface area contributed by atoms with Crippen LogP contribution in [0.5, 0.6) is 11.5 Å². The van der Waals surface area contributed by atoms with E-state index in [1.807, 2.05) is 22.6 Å². The summed E-state index contributed by atoms with van der Waals surface area (Å²) >= 11 is 8.86. The van der Waals surface area contributed by atoms with Crippen LogP contribution in [0, 0.1) is 13.7 Å². The van der Waals surface area contributed by atoms with Gasteiger partial charge in [-0.25, -0.2) is 4.79 Å². The van der Waals surface area contributed by atoms with Gasteiger partial charge in [0.1, 0.15) is 0 Å². The second-order valence-electron chi connectivity index (χ2n) is 7.59. The van der Waals surface area contributed by atoms with Gasteiger partial charge in [0.15, 0.2) is 11.5 Å². The lowest BCUT2D eigenvalue weighted by Gasteiger charge is -2.13. The summed E-state index contributed by atoms with van der Waals surface area (Å²) in [7, 11) is 1.42. The molecule has 3 aromatic rings. The van der Waals surface area contributed by atoms with Crippen molar-refractivity contribution >= 4 is 74.8 Å². The summed E-state index contributed by atoms with van der Waals surface area (Å²) in [5.74, 6) is -0.696. The summed E-state index contributed by atoms with van der Waals surface area (Å²) in [6.07, 6.45) is 1.55. The molecule has 4 rings (SSSR count). The fourth-order valence-corrected chi connectivity index (χ4v) is 5.18. The number of esters is 1. The molecular formula is C25H16ClIN2O7S. The highest BCUT2D eigenvalue weighted by Gasteiger charge is 2.35. The predicted octanol–water partition coefficient (Wildman–Crippen LogP) is 6.32. The average molecular weight is 651 g/mol. The smallest absolute Gasteiger partial charge is 0.345 e. The Labute approximate surface area is 233 Å². The molecule has 0 aromatic heterocycles. The molecule has 1 aliphatic heterocycles. The normalized spacial score (nSPS) is 14.2. The van der Waals surface area contributed by atoms with Crippen LogP contribution in [0.25, 0.3) is 6.08 Å². The van der Waals surface area contributed by atoms with Gasteiger partial charge in [0.05, 0.1) is 37.6 Å². The highest BCUT2D eigenvalue weighted by atomic mass is 127. The highest BCUT2D eigenvalue weighted by Crippen LogP contribution is 2.38. The summed E-state index contributed by atoms with van der Waals surface area (Å²) in [6, 6.07) is 15.4. The third-order valence-electron chi connectivity index (χ3n) is 5.20. The molecule has 0 bridgehead atoms. The quantitative estimate of drug-likeness (QED) is 0.0729. The van der Waals surface area contributed by atoms with Gasteiger partial charge in [0.25, 0.3) is 16.8 Å². The zero-order chi connectivity index (χ0) is 26.7. The number of benzene rings is 3. The van der Waals surface area contributed by atoms with Crippen molar-refractivity contribution in [3.8, 4) is 11.5 Å². The van der Waals surface area contributed by atoms with Crippen LogP contribution in [0.1, 0.15) is 21.5 Å². The maximum Gasteiger partial charge on any atom is 0.345 e. The van der Waals surface area contributed by atoms with E-state index in [4.69, 9.17) is 21.1 Å². The van der Waals surface area contributed by atoms with Crippen molar-refractivity contribution in [2.75, 3.05) is 7.11 Å². The molecule has 0 unspecified atom stereocenters. The van der Waals surface area contributed by atoms with Crippen LogP contribution >= 0.6 is 46.0 Å². The third-order valence-corrected chi connectivity index (χ3v) is 7.24. The molecule has 1 fully saturated rings. The summed E-state index contributed by atoms with van der Waals surface area (Å²) in [6.45, 7) is -0.0161.